The quantitative estimate of drug-likeness (QED) is 0.540. The van der Waals surface area contributed by atoms with Gasteiger partial charge in [0.2, 0.25) is 11.7 Å². The van der Waals surface area contributed by atoms with E-state index in [1.54, 1.807) is 12.1 Å². The van der Waals surface area contributed by atoms with E-state index in [4.69, 9.17) is 25.1 Å². The zero-order chi connectivity index (χ0) is 21.0. The highest BCUT2D eigenvalue weighted by Crippen LogP contribution is 2.58. The molecule has 3 rings (SSSR count). The lowest BCUT2D eigenvalue weighted by molar-refractivity contribution is 0.0935. The van der Waals surface area contributed by atoms with Crippen LogP contribution in [0.15, 0.2) is 52.9 Å². The molecule has 1 aromatic heterocycles. The first-order valence-electron chi connectivity index (χ1n) is 8.54. The van der Waals surface area contributed by atoms with E-state index in [1.807, 2.05) is 31.2 Å². The van der Waals surface area contributed by atoms with Crippen LogP contribution in [0.1, 0.15) is 27.6 Å². The minimum Gasteiger partial charge on any atom is -0.418 e. The lowest BCUT2D eigenvalue weighted by Gasteiger charge is -2.22. The van der Waals surface area contributed by atoms with Crippen LogP contribution >= 0.6 is 19.2 Å². The minimum atomic E-state index is -3.84. The minimum absolute atomic E-state index is 0.102. The van der Waals surface area contributed by atoms with Gasteiger partial charge >= 0.3 is 7.60 Å². The molecule has 0 aliphatic heterocycles. The molecule has 0 saturated carbocycles. The Hall–Kier alpha value is -2.51. The lowest BCUT2D eigenvalue weighted by atomic mass is 10.1. The monoisotopic (exact) mass is 435 g/mol. The van der Waals surface area contributed by atoms with Crippen molar-refractivity contribution >= 4 is 25.1 Å². The van der Waals surface area contributed by atoms with Gasteiger partial charge in [-0.05, 0) is 43.3 Å². The number of nitrogens with zero attached hydrogens (tertiary/aromatic N) is 2. The molecule has 1 heterocycles. The number of hydrogen-bond donors (Lipinski definition) is 1. The fourth-order valence-electron chi connectivity index (χ4n) is 2.53. The second-order valence-electron chi connectivity index (χ2n) is 6.10. The van der Waals surface area contributed by atoms with Crippen LogP contribution in [-0.2, 0) is 13.6 Å². The van der Waals surface area contributed by atoms with Crippen LogP contribution in [0.2, 0.25) is 5.02 Å². The molecule has 0 unspecified atom stereocenters. The van der Waals surface area contributed by atoms with Crippen LogP contribution in [0, 0.1) is 6.92 Å². The van der Waals surface area contributed by atoms with Gasteiger partial charge in [0.05, 0.1) is 0 Å². The third-order valence-electron chi connectivity index (χ3n) is 4.17. The van der Waals surface area contributed by atoms with Crippen LogP contribution in [-0.4, -0.2) is 30.3 Å². The zero-order valence-corrected chi connectivity index (χ0v) is 17.6. The Morgan fingerprint density at radius 2 is 1.69 bits per heavy atom. The van der Waals surface area contributed by atoms with Gasteiger partial charge < -0.3 is 18.8 Å². The Labute approximate surface area is 172 Å². The van der Waals surface area contributed by atoms with Crippen LogP contribution in [0.3, 0.4) is 0 Å². The fourth-order valence-corrected chi connectivity index (χ4v) is 3.87. The molecule has 0 bridgehead atoms. The van der Waals surface area contributed by atoms with Gasteiger partial charge in [-0.1, -0.05) is 29.3 Å². The highest BCUT2D eigenvalue weighted by atomic mass is 35.5. The van der Waals surface area contributed by atoms with Crippen LogP contribution in [0.4, 0.5) is 0 Å². The Kier molecular flexibility index (Phi) is 6.49. The largest absolute Gasteiger partial charge is 0.418 e. The van der Waals surface area contributed by atoms with Crippen molar-refractivity contribution in [2.45, 2.75) is 12.7 Å². The van der Waals surface area contributed by atoms with Crippen molar-refractivity contribution in [2.75, 3.05) is 14.2 Å². The number of carbonyl (C=O) groups excluding carboxylic acids is 1. The van der Waals surface area contributed by atoms with Gasteiger partial charge in [0, 0.05) is 30.4 Å². The lowest BCUT2D eigenvalue weighted by Crippen LogP contribution is -2.29. The van der Waals surface area contributed by atoms with Gasteiger partial charge in [0.1, 0.15) is 0 Å². The summed E-state index contributed by atoms with van der Waals surface area (Å²) in [6.07, 6.45) is 0. The van der Waals surface area contributed by atoms with E-state index in [1.165, 1.54) is 26.4 Å². The molecule has 29 heavy (non-hydrogen) atoms. The van der Waals surface area contributed by atoms with E-state index in [-0.39, 0.29) is 11.8 Å². The van der Waals surface area contributed by atoms with Crippen molar-refractivity contribution in [3.63, 3.8) is 0 Å². The van der Waals surface area contributed by atoms with Crippen molar-refractivity contribution in [3.8, 4) is 11.5 Å². The predicted molar refractivity (Wildman–Crippen MR) is 108 cm³/mol. The third kappa shape index (κ3) is 4.74. The number of benzene rings is 2. The maximum Gasteiger partial charge on any atom is 0.361 e. The molecular weight excluding hydrogens is 417 g/mol. The molecule has 10 heteroatoms. The summed E-state index contributed by atoms with van der Waals surface area (Å²) in [6, 6.07) is 13.6. The summed E-state index contributed by atoms with van der Waals surface area (Å²) in [4.78, 5) is 12.7. The zero-order valence-electron chi connectivity index (χ0n) is 16.0. The molecule has 0 radical (unpaired) electrons. The maximum atomic E-state index is 13.1. The first-order valence-corrected chi connectivity index (χ1v) is 10.5. The van der Waals surface area contributed by atoms with Gasteiger partial charge in [0.25, 0.3) is 11.8 Å². The number of carbonyl (C=O) groups is 1. The van der Waals surface area contributed by atoms with Crippen molar-refractivity contribution in [2.24, 2.45) is 0 Å². The summed E-state index contributed by atoms with van der Waals surface area (Å²) in [5.74, 6) is -1.72. The molecule has 0 fully saturated rings. The first kappa shape index (κ1) is 21.2. The fraction of sp³-hybridized carbons (Fsp3) is 0.211. The summed E-state index contributed by atoms with van der Waals surface area (Å²) in [5.41, 5.74) is 2.06. The summed E-state index contributed by atoms with van der Waals surface area (Å²) < 4.78 is 28.9. The Morgan fingerprint density at radius 3 is 2.28 bits per heavy atom. The smallest absolute Gasteiger partial charge is 0.361 e. The van der Waals surface area contributed by atoms with E-state index in [0.717, 1.165) is 5.56 Å². The normalized spacial score (nSPS) is 12.6. The number of rotatable bonds is 7. The molecule has 3 aromatic rings. The summed E-state index contributed by atoms with van der Waals surface area (Å²) in [6.45, 7) is 1.96. The van der Waals surface area contributed by atoms with E-state index in [0.29, 0.717) is 16.1 Å². The molecule has 2 aromatic carbocycles. The molecule has 8 nitrogen and oxygen atoms in total. The average molecular weight is 436 g/mol. The molecule has 1 N–H and O–H groups in total. The van der Waals surface area contributed by atoms with E-state index >= 15 is 0 Å². The second kappa shape index (κ2) is 8.88. The summed E-state index contributed by atoms with van der Waals surface area (Å²) >= 11 is 5.86. The Balaban J connectivity index is 1.94. The number of amides is 1. The van der Waals surface area contributed by atoms with Gasteiger partial charge in [-0.15, -0.1) is 10.2 Å². The highest BCUT2D eigenvalue weighted by molar-refractivity contribution is 7.54. The third-order valence-corrected chi connectivity index (χ3v) is 6.42. The Morgan fingerprint density at radius 1 is 1.07 bits per heavy atom. The SMILES string of the molecule is COP(=O)(OC)[C@@H](NC(=O)c1ccc(Cl)cc1)c1nnc(-c2ccc(C)cc2)o1. The molecule has 0 aliphatic carbocycles. The molecule has 1 atom stereocenters. The number of aromatic nitrogens is 2. The maximum absolute atomic E-state index is 13.1. The van der Waals surface area contributed by atoms with Crippen LogP contribution < -0.4 is 5.32 Å². The average Bonchev–Trinajstić information content (AvgIpc) is 3.22. The topological polar surface area (TPSA) is 104 Å². The van der Waals surface area contributed by atoms with E-state index < -0.39 is 19.3 Å². The molecule has 0 saturated heterocycles. The summed E-state index contributed by atoms with van der Waals surface area (Å²) in [5, 5.41) is 11.0. The van der Waals surface area contributed by atoms with Crippen LogP contribution in [0.5, 0.6) is 0 Å². The molecule has 0 aliphatic rings. The Bertz CT molecular complexity index is 1030. The van der Waals surface area contributed by atoms with Gasteiger partial charge in [-0.3, -0.25) is 9.36 Å². The molecule has 152 valence electrons. The van der Waals surface area contributed by atoms with Crippen LogP contribution in [0.25, 0.3) is 11.5 Å². The van der Waals surface area contributed by atoms with Crippen molar-refractivity contribution in [1.29, 1.82) is 0 Å². The van der Waals surface area contributed by atoms with E-state index in [2.05, 4.69) is 15.5 Å². The first-order chi connectivity index (χ1) is 13.9. The molecular formula is C19H19ClN3O5P. The standard InChI is InChI=1S/C19H19ClN3O5P/c1-12-4-6-14(7-5-12)17-22-23-18(28-17)19(29(25,26-2)27-3)21-16(24)13-8-10-15(20)11-9-13/h4-11,19H,1-3H3,(H,21,24)/t19-/m1/s1. The highest BCUT2D eigenvalue weighted by Gasteiger charge is 2.41. The number of nitrogens with one attached hydrogen (secondary N) is 1. The van der Waals surface area contributed by atoms with Gasteiger partial charge in [0.15, 0.2) is 0 Å². The van der Waals surface area contributed by atoms with Gasteiger partial charge in [-0.2, -0.15) is 0 Å². The van der Waals surface area contributed by atoms with Gasteiger partial charge in [-0.25, -0.2) is 0 Å². The molecule has 1 amide bonds. The number of aryl methyl sites for hydroxylation is 1. The number of hydrogen-bond acceptors (Lipinski definition) is 7. The van der Waals surface area contributed by atoms with E-state index in [9.17, 15) is 9.36 Å². The van der Waals surface area contributed by atoms with Crippen molar-refractivity contribution in [1.82, 2.24) is 15.5 Å². The predicted octanol–water partition coefficient (Wildman–Crippen LogP) is 4.61. The van der Waals surface area contributed by atoms with Crippen molar-refractivity contribution in [3.05, 3.63) is 70.6 Å². The molecule has 0 spiro atoms. The second-order valence-corrected chi connectivity index (χ2v) is 8.86. The van der Waals surface area contributed by atoms with Crippen molar-refractivity contribution < 1.29 is 22.8 Å². The number of halogens is 1. The summed E-state index contributed by atoms with van der Waals surface area (Å²) in [7, 11) is -1.41.